The second kappa shape index (κ2) is 5.75. The lowest BCUT2D eigenvalue weighted by Crippen LogP contribution is -2.27. The molecule has 0 saturated heterocycles. The third kappa shape index (κ3) is 3.45. The van der Waals surface area contributed by atoms with E-state index in [1.54, 1.807) is 12.1 Å². The van der Waals surface area contributed by atoms with Crippen LogP contribution in [0.15, 0.2) is 22.6 Å². The van der Waals surface area contributed by atoms with E-state index in [1.807, 2.05) is 0 Å². The summed E-state index contributed by atoms with van der Waals surface area (Å²) >= 11 is -1.86. The van der Waals surface area contributed by atoms with Gasteiger partial charge in [-0.05, 0) is 12.1 Å². The summed E-state index contributed by atoms with van der Waals surface area (Å²) in [5, 5.41) is 4.91. The van der Waals surface area contributed by atoms with Crippen molar-refractivity contribution in [2.24, 2.45) is 15.3 Å². The largest absolute Gasteiger partial charge is 0.490 e. The van der Waals surface area contributed by atoms with Crippen LogP contribution in [-0.2, 0) is 25.7 Å². The first-order valence-electron chi connectivity index (χ1n) is 5.33. The molecule has 0 fully saturated rings. The Bertz CT molecular complexity index is 673. The molecule has 0 aliphatic carbocycles. The molecule has 11 heteroatoms. The highest BCUT2D eigenvalue weighted by atomic mass is 32.2. The number of hydrogen-bond donors (Lipinski definition) is 3. The first-order chi connectivity index (χ1) is 9.39. The summed E-state index contributed by atoms with van der Waals surface area (Å²) in [5.74, 6) is 0.162. The van der Waals surface area contributed by atoms with Crippen LogP contribution in [0.1, 0.15) is 5.56 Å². The second-order valence-electron chi connectivity index (χ2n) is 3.66. The molecule has 9 nitrogen and oxygen atoms in total. The number of fused-ring (bicyclic) bond motifs is 1. The van der Waals surface area contributed by atoms with Crippen LogP contribution in [0.25, 0.3) is 0 Å². The maximum atomic E-state index is 11.4. The van der Waals surface area contributed by atoms with Gasteiger partial charge in [0.1, 0.15) is 12.4 Å². The average molecular weight is 320 g/mol. The summed E-state index contributed by atoms with van der Waals surface area (Å²) in [6.45, 7) is 0.0784. The van der Waals surface area contributed by atoms with E-state index in [2.05, 4.69) is 13.3 Å². The molecule has 110 valence electrons. The summed E-state index contributed by atoms with van der Waals surface area (Å²) in [5.41, 5.74) is 6.25. The van der Waals surface area contributed by atoms with Crippen LogP contribution in [0, 0.1) is 0 Å². The predicted molar refractivity (Wildman–Crippen MR) is 73.5 cm³/mol. The summed E-state index contributed by atoms with van der Waals surface area (Å²) in [6, 6.07) is 4.73. The Hall–Kier alpha value is -1.69. The number of amidine groups is 1. The normalized spacial score (nSPS) is 17.6. The minimum atomic E-state index is -3.82. The minimum Gasteiger partial charge on any atom is -0.490 e. The number of rotatable bonds is 5. The maximum absolute atomic E-state index is 11.4. The zero-order chi connectivity index (χ0) is 14.8. The number of nitrogens with one attached hydrogen (secondary N) is 1. The zero-order valence-corrected chi connectivity index (χ0v) is 11.7. The van der Waals surface area contributed by atoms with Gasteiger partial charge in [0.05, 0.1) is 17.9 Å². The molecule has 5 N–H and O–H groups in total. The fraction of sp³-hybridized carbons (Fsp3) is 0.222. The quantitative estimate of drug-likeness (QED) is 0.593. The van der Waals surface area contributed by atoms with E-state index >= 15 is 0 Å². The summed E-state index contributed by atoms with van der Waals surface area (Å²) in [4.78, 5) is 0. The van der Waals surface area contributed by atoms with Crippen LogP contribution in [0.3, 0.4) is 0 Å². The average Bonchev–Trinajstić information content (AvgIpc) is 2.32. The van der Waals surface area contributed by atoms with Crippen molar-refractivity contribution in [1.29, 1.82) is 0 Å². The highest BCUT2D eigenvalue weighted by Gasteiger charge is 2.24. The van der Waals surface area contributed by atoms with Gasteiger partial charge in [0.25, 0.3) is 0 Å². The highest BCUT2D eigenvalue weighted by molar-refractivity contribution is 7.91. The molecule has 0 spiro atoms. The fourth-order valence-corrected chi connectivity index (χ4v) is 2.68. The molecule has 1 aliphatic heterocycles. The SMILES string of the molecule is NC1=NS(=O)(=O)Nc2cccc(OCCOS(N)=O)c21. The van der Waals surface area contributed by atoms with Crippen molar-refractivity contribution in [3.63, 3.8) is 0 Å². The summed E-state index contributed by atoms with van der Waals surface area (Å²) in [6.07, 6.45) is 0. The molecule has 2 rings (SSSR count). The molecule has 1 atom stereocenters. The first kappa shape index (κ1) is 14.7. The van der Waals surface area contributed by atoms with E-state index in [4.69, 9.17) is 15.6 Å². The van der Waals surface area contributed by atoms with Crippen LogP contribution >= 0.6 is 0 Å². The number of anilines is 1. The molecule has 1 aromatic carbocycles. The number of nitrogens with two attached hydrogens (primary N) is 2. The molecule has 0 amide bonds. The third-order valence-corrected chi connectivity index (χ3v) is 3.59. The fourth-order valence-electron chi connectivity index (χ4n) is 1.61. The Morgan fingerprint density at radius 1 is 1.35 bits per heavy atom. The second-order valence-corrected chi connectivity index (χ2v) is 5.76. The number of benzene rings is 1. The van der Waals surface area contributed by atoms with Gasteiger partial charge in [0.2, 0.25) is 11.3 Å². The van der Waals surface area contributed by atoms with Crippen LogP contribution < -0.4 is 20.3 Å². The lowest BCUT2D eigenvalue weighted by molar-refractivity contribution is 0.230. The molecule has 0 saturated carbocycles. The lowest BCUT2D eigenvalue weighted by Gasteiger charge is -2.18. The topological polar surface area (TPSA) is 146 Å². The molecule has 1 aliphatic rings. The molecule has 1 unspecified atom stereocenters. The van der Waals surface area contributed by atoms with Crippen molar-refractivity contribution < 1.29 is 21.5 Å². The number of nitrogens with zero attached hydrogens (tertiary/aromatic N) is 1. The van der Waals surface area contributed by atoms with E-state index < -0.39 is 21.5 Å². The van der Waals surface area contributed by atoms with Gasteiger partial charge in [0.15, 0.2) is 5.84 Å². The van der Waals surface area contributed by atoms with Crippen molar-refractivity contribution >= 4 is 33.0 Å². The molecule has 0 aromatic heterocycles. The third-order valence-electron chi connectivity index (χ3n) is 2.28. The van der Waals surface area contributed by atoms with E-state index in [9.17, 15) is 12.6 Å². The summed E-state index contributed by atoms with van der Waals surface area (Å²) < 4.78 is 48.9. The zero-order valence-electron chi connectivity index (χ0n) is 10.1. The van der Waals surface area contributed by atoms with Gasteiger partial charge < -0.3 is 10.5 Å². The number of ether oxygens (including phenoxy) is 1. The van der Waals surface area contributed by atoms with Crippen molar-refractivity contribution in [3.8, 4) is 5.75 Å². The van der Waals surface area contributed by atoms with Gasteiger partial charge >= 0.3 is 10.2 Å². The molecule has 1 aromatic rings. The van der Waals surface area contributed by atoms with Crippen molar-refractivity contribution in [3.05, 3.63) is 23.8 Å². The molecule has 0 radical (unpaired) electrons. The van der Waals surface area contributed by atoms with E-state index in [0.717, 1.165) is 0 Å². The summed E-state index contributed by atoms with van der Waals surface area (Å²) in [7, 11) is -3.82. The molecule has 0 bridgehead atoms. The van der Waals surface area contributed by atoms with Crippen LogP contribution in [0.5, 0.6) is 5.75 Å². The van der Waals surface area contributed by atoms with Crippen LogP contribution in [0.2, 0.25) is 0 Å². The standard InChI is InChI=1S/C9H12N4O5S2/c10-9-8-6(12-20(15,16)13-9)2-1-3-7(8)17-4-5-18-19(11)14/h1-3,12H,4-5,11H2,(H2,10,13). The maximum Gasteiger partial charge on any atom is 0.344 e. The minimum absolute atomic E-state index is 0.00948. The van der Waals surface area contributed by atoms with Crippen LogP contribution in [-0.4, -0.2) is 31.7 Å². The Labute approximate surface area is 117 Å². The predicted octanol–water partition coefficient (Wildman–Crippen LogP) is -1.01. The monoisotopic (exact) mass is 320 g/mol. The highest BCUT2D eigenvalue weighted by Crippen LogP contribution is 2.30. The Balaban J connectivity index is 2.19. The van der Waals surface area contributed by atoms with E-state index in [1.165, 1.54) is 6.07 Å². The van der Waals surface area contributed by atoms with Crippen LogP contribution in [0.4, 0.5) is 5.69 Å². The van der Waals surface area contributed by atoms with E-state index in [-0.39, 0.29) is 24.7 Å². The van der Waals surface area contributed by atoms with Crippen molar-refractivity contribution in [2.45, 2.75) is 0 Å². The first-order valence-corrected chi connectivity index (χ1v) is 7.90. The molecular weight excluding hydrogens is 308 g/mol. The number of hydrogen-bond acceptors (Lipinski definition) is 6. The Morgan fingerprint density at radius 2 is 2.10 bits per heavy atom. The van der Waals surface area contributed by atoms with Crippen molar-refractivity contribution in [2.75, 3.05) is 17.9 Å². The van der Waals surface area contributed by atoms with E-state index in [0.29, 0.717) is 11.3 Å². The smallest absolute Gasteiger partial charge is 0.344 e. The lowest BCUT2D eigenvalue weighted by atomic mass is 10.1. The molecule has 20 heavy (non-hydrogen) atoms. The Kier molecular flexibility index (Phi) is 4.23. The molecule has 1 heterocycles. The van der Waals surface area contributed by atoms with Crippen molar-refractivity contribution in [1.82, 2.24) is 0 Å². The van der Waals surface area contributed by atoms with Gasteiger partial charge in [0, 0.05) is 0 Å². The van der Waals surface area contributed by atoms with Gasteiger partial charge in [-0.25, -0.2) is 9.35 Å². The van der Waals surface area contributed by atoms with Gasteiger partial charge in [-0.2, -0.15) is 8.42 Å². The van der Waals surface area contributed by atoms with Gasteiger partial charge in [-0.3, -0.25) is 8.91 Å². The Morgan fingerprint density at radius 3 is 2.80 bits per heavy atom. The van der Waals surface area contributed by atoms with Gasteiger partial charge in [-0.15, -0.1) is 4.40 Å². The van der Waals surface area contributed by atoms with Gasteiger partial charge in [-0.1, -0.05) is 6.07 Å². The molecular formula is C9H12N4O5S2.